The summed E-state index contributed by atoms with van der Waals surface area (Å²) in [7, 11) is 0. The summed E-state index contributed by atoms with van der Waals surface area (Å²) in [6.07, 6.45) is 1.70. The number of nitrogens with zero attached hydrogens (tertiary/aromatic N) is 4. The predicted molar refractivity (Wildman–Crippen MR) is 136 cm³/mol. The number of carbonyl (C=O) groups is 1. The normalized spacial score (nSPS) is 16.8. The minimum Gasteiger partial charge on any atom is -0.318 e. The van der Waals surface area contributed by atoms with Crippen molar-refractivity contribution in [2.45, 2.75) is 13.8 Å². The second kappa shape index (κ2) is 8.33. The maximum atomic E-state index is 12.8. The number of thioether (sulfide) groups is 1. The van der Waals surface area contributed by atoms with Crippen LogP contribution in [0.2, 0.25) is 10.0 Å². The van der Waals surface area contributed by atoms with Gasteiger partial charge < -0.3 is 4.57 Å². The Morgan fingerprint density at radius 2 is 1.79 bits per heavy atom. The van der Waals surface area contributed by atoms with Crippen molar-refractivity contribution in [3.05, 3.63) is 92.7 Å². The molecule has 0 saturated heterocycles. The number of hydrazone groups is 1. The highest BCUT2D eigenvalue weighted by Crippen LogP contribution is 2.33. The quantitative estimate of drug-likeness (QED) is 0.450. The molecule has 3 heterocycles. The molecule has 1 amide bonds. The van der Waals surface area contributed by atoms with E-state index < -0.39 is 5.91 Å². The van der Waals surface area contributed by atoms with Crippen LogP contribution in [0.4, 0.5) is 0 Å². The number of rotatable bonds is 3. The number of amidine groups is 2. The standard InChI is InChI=1S/C24H17Cl2N5OS/c1-13-11-15(14(2)30(13)17-9-7-16(25)8-10-17)12-19-21(27)31-24(28-22(19)32)33-23(29-31)18-5-3-4-6-20(18)26/h3-12,27H,1-2H3/b19-12-,27-21?. The number of benzene rings is 2. The summed E-state index contributed by atoms with van der Waals surface area (Å²) in [6, 6.07) is 16.9. The molecule has 2 aliphatic rings. The van der Waals surface area contributed by atoms with E-state index in [4.69, 9.17) is 28.6 Å². The van der Waals surface area contributed by atoms with E-state index in [9.17, 15) is 4.79 Å². The Bertz CT molecular complexity index is 1420. The van der Waals surface area contributed by atoms with Crippen molar-refractivity contribution >= 4 is 63.0 Å². The fourth-order valence-electron chi connectivity index (χ4n) is 3.81. The molecule has 0 unspecified atom stereocenters. The fourth-order valence-corrected chi connectivity index (χ4v) is 5.15. The van der Waals surface area contributed by atoms with Crippen LogP contribution in [0.25, 0.3) is 11.8 Å². The molecule has 164 valence electrons. The summed E-state index contributed by atoms with van der Waals surface area (Å²) in [5.41, 5.74) is 4.65. The monoisotopic (exact) mass is 493 g/mol. The van der Waals surface area contributed by atoms with Crippen LogP contribution in [0.15, 0.2) is 70.3 Å². The van der Waals surface area contributed by atoms with Crippen molar-refractivity contribution in [3.8, 4) is 5.69 Å². The zero-order valence-electron chi connectivity index (χ0n) is 17.6. The molecule has 0 saturated carbocycles. The molecular formula is C24H17Cl2N5OS. The first-order valence-corrected chi connectivity index (χ1v) is 11.6. The van der Waals surface area contributed by atoms with Gasteiger partial charge in [0.15, 0.2) is 5.84 Å². The van der Waals surface area contributed by atoms with E-state index >= 15 is 0 Å². The SMILES string of the molecule is Cc1cc(/C=C2/C(=N)N3N=C(c4ccccc4Cl)SC3=NC2=O)c(C)n1-c1ccc(Cl)cc1. The van der Waals surface area contributed by atoms with Gasteiger partial charge in [-0.05, 0) is 73.6 Å². The van der Waals surface area contributed by atoms with Gasteiger partial charge in [-0.3, -0.25) is 10.2 Å². The first-order valence-electron chi connectivity index (χ1n) is 10.0. The van der Waals surface area contributed by atoms with E-state index in [0.29, 0.717) is 20.3 Å². The Hall–Kier alpha value is -3.13. The van der Waals surface area contributed by atoms with Crippen LogP contribution in [-0.2, 0) is 4.79 Å². The summed E-state index contributed by atoms with van der Waals surface area (Å²) in [6.45, 7) is 3.96. The second-order valence-corrected chi connectivity index (χ2v) is 9.34. The summed E-state index contributed by atoms with van der Waals surface area (Å²) in [4.78, 5) is 17.0. The molecule has 0 radical (unpaired) electrons. The highest BCUT2D eigenvalue weighted by molar-refractivity contribution is 8.27. The molecule has 1 N–H and O–H groups in total. The second-order valence-electron chi connectivity index (χ2n) is 7.54. The van der Waals surface area contributed by atoms with Gasteiger partial charge in [0.05, 0.1) is 10.6 Å². The van der Waals surface area contributed by atoms with E-state index in [1.54, 1.807) is 12.1 Å². The molecule has 33 heavy (non-hydrogen) atoms. The maximum Gasteiger partial charge on any atom is 0.283 e. The van der Waals surface area contributed by atoms with Crippen molar-refractivity contribution in [2.75, 3.05) is 0 Å². The summed E-state index contributed by atoms with van der Waals surface area (Å²) < 4.78 is 2.08. The van der Waals surface area contributed by atoms with Crippen molar-refractivity contribution in [1.29, 1.82) is 5.41 Å². The Morgan fingerprint density at radius 1 is 1.06 bits per heavy atom. The largest absolute Gasteiger partial charge is 0.318 e. The smallest absolute Gasteiger partial charge is 0.283 e. The third kappa shape index (κ3) is 3.82. The highest BCUT2D eigenvalue weighted by atomic mass is 35.5. The number of carbonyl (C=O) groups excluding carboxylic acids is 1. The van der Waals surface area contributed by atoms with E-state index in [1.807, 2.05) is 62.4 Å². The van der Waals surface area contributed by atoms with Crippen LogP contribution in [0, 0.1) is 19.3 Å². The van der Waals surface area contributed by atoms with Gasteiger partial charge in [0.1, 0.15) is 5.04 Å². The van der Waals surface area contributed by atoms with Crippen LogP contribution in [0.1, 0.15) is 22.5 Å². The zero-order valence-corrected chi connectivity index (χ0v) is 20.0. The average Bonchev–Trinajstić information content (AvgIpc) is 3.33. The molecule has 9 heteroatoms. The first kappa shape index (κ1) is 21.7. The van der Waals surface area contributed by atoms with Gasteiger partial charge in [-0.15, -0.1) is 0 Å². The topological polar surface area (TPSA) is 73.8 Å². The lowest BCUT2D eigenvalue weighted by Gasteiger charge is -2.20. The minimum atomic E-state index is -0.467. The van der Waals surface area contributed by atoms with Gasteiger partial charge in [0.25, 0.3) is 5.91 Å². The molecule has 0 fully saturated rings. The molecule has 2 aromatic carbocycles. The number of amides is 1. The molecule has 0 bridgehead atoms. The number of aryl methyl sites for hydroxylation is 1. The maximum absolute atomic E-state index is 12.8. The lowest BCUT2D eigenvalue weighted by molar-refractivity contribution is -0.114. The van der Waals surface area contributed by atoms with Crippen LogP contribution in [0.5, 0.6) is 0 Å². The molecule has 1 aromatic heterocycles. The van der Waals surface area contributed by atoms with Gasteiger partial charge in [-0.1, -0.05) is 41.4 Å². The van der Waals surface area contributed by atoms with Gasteiger partial charge >= 0.3 is 0 Å². The number of hydrogen-bond donors (Lipinski definition) is 1. The Labute approximate surface area is 204 Å². The van der Waals surface area contributed by atoms with Crippen molar-refractivity contribution in [1.82, 2.24) is 9.58 Å². The van der Waals surface area contributed by atoms with Crippen LogP contribution >= 0.6 is 35.0 Å². The van der Waals surface area contributed by atoms with Crippen molar-refractivity contribution in [3.63, 3.8) is 0 Å². The lowest BCUT2D eigenvalue weighted by Crippen LogP contribution is -2.35. The third-order valence-electron chi connectivity index (χ3n) is 5.41. The molecule has 5 rings (SSSR count). The summed E-state index contributed by atoms with van der Waals surface area (Å²) in [5, 5.41) is 16.7. The zero-order chi connectivity index (χ0) is 23.3. The number of aromatic nitrogens is 1. The van der Waals surface area contributed by atoms with E-state index in [-0.39, 0.29) is 11.4 Å². The van der Waals surface area contributed by atoms with Gasteiger partial charge in [0, 0.05) is 27.7 Å². The Balaban J connectivity index is 1.52. The molecule has 0 aliphatic carbocycles. The van der Waals surface area contributed by atoms with Gasteiger partial charge in [0.2, 0.25) is 5.17 Å². The van der Waals surface area contributed by atoms with Crippen molar-refractivity contribution < 1.29 is 4.79 Å². The predicted octanol–water partition coefficient (Wildman–Crippen LogP) is 6.07. The molecule has 0 spiro atoms. The molecule has 0 atom stereocenters. The first-order chi connectivity index (χ1) is 15.8. The van der Waals surface area contributed by atoms with Crippen molar-refractivity contribution in [2.24, 2.45) is 10.1 Å². The highest BCUT2D eigenvalue weighted by Gasteiger charge is 2.36. The minimum absolute atomic E-state index is 0.0177. The molecule has 3 aromatic rings. The number of aliphatic imine (C=N–C) groups is 1. The Morgan fingerprint density at radius 3 is 2.52 bits per heavy atom. The summed E-state index contributed by atoms with van der Waals surface area (Å²) >= 11 is 13.6. The van der Waals surface area contributed by atoms with E-state index in [2.05, 4.69) is 14.7 Å². The lowest BCUT2D eigenvalue weighted by atomic mass is 10.1. The van der Waals surface area contributed by atoms with Crippen LogP contribution in [-0.4, -0.2) is 31.5 Å². The third-order valence-corrected chi connectivity index (χ3v) is 6.94. The van der Waals surface area contributed by atoms with E-state index in [0.717, 1.165) is 28.2 Å². The average molecular weight is 494 g/mol. The molecule has 6 nitrogen and oxygen atoms in total. The molecular weight excluding hydrogens is 477 g/mol. The number of hydrogen-bond acceptors (Lipinski definition) is 4. The number of fused-ring (bicyclic) bond motifs is 1. The van der Waals surface area contributed by atoms with Crippen LogP contribution in [0.3, 0.4) is 0 Å². The molecule has 2 aliphatic heterocycles. The number of nitrogens with one attached hydrogen (secondary N) is 1. The van der Waals surface area contributed by atoms with Gasteiger partial charge in [-0.25, -0.2) is 0 Å². The summed E-state index contributed by atoms with van der Waals surface area (Å²) in [5.74, 6) is -0.485. The van der Waals surface area contributed by atoms with Gasteiger partial charge in [-0.2, -0.15) is 15.1 Å². The fraction of sp³-hybridized carbons (Fsp3) is 0.0833. The Kier molecular flexibility index (Phi) is 5.48. The van der Waals surface area contributed by atoms with Crippen LogP contribution < -0.4 is 0 Å². The van der Waals surface area contributed by atoms with E-state index in [1.165, 1.54) is 16.8 Å². The number of halogens is 2.